The molecule has 4 heteroatoms. The lowest BCUT2D eigenvalue weighted by molar-refractivity contribution is 0.0879. The van der Waals surface area contributed by atoms with E-state index in [0.717, 1.165) is 10.2 Å². The Balaban J connectivity index is 0.000000293. The fourth-order valence-corrected chi connectivity index (χ4v) is 1.12. The van der Waals surface area contributed by atoms with Crippen LogP contribution in [-0.4, -0.2) is 22.1 Å². The van der Waals surface area contributed by atoms with Gasteiger partial charge in [-0.2, -0.15) is 0 Å². The summed E-state index contributed by atoms with van der Waals surface area (Å²) >= 11 is 0. The second-order valence-electron chi connectivity index (χ2n) is 2.62. The number of carbonyl (C=O) groups is 2. The molecule has 1 aromatic rings. The van der Waals surface area contributed by atoms with Crippen molar-refractivity contribution in [3.8, 4) is 12.0 Å². The molecule has 0 radical (unpaired) electrons. The summed E-state index contributed by atoms with van der Waals surface area (Å²) in [7, 11) is 0.897. The summed E-state index contributed by atoms with van der Waals surface area (Å²) in [5.74, 6) is -0.601. The van der Waals surface area contributed by atoms with Gasteiger partial charge in [-0.3, -0.25) is 14.9 Å². The molecule has 0 spiro atoms. The number of nitrogens with one attached hydrogen (secondary N) is 1. The van der Waals surface area contributed by atoms with Crippen LogP contribution in [0.2, 0.25) is 0 Å². The molecular weight excluding hydrogens is 194 g/mol. The number of hydrogen-bond donors (Lipinski definition) is 1. The summed E-state index contributed by atoms with van der Waals surface area (Å²) in [6, 6.07) is 6.74. The second kappa shape index (κ2) is 4.39. The minimum absolute atomic E-state index is 0.300. The van der Waals surface area contributed by atoms with Gasteiger partial charge in [-0.1, -0.05) is 12.1 Å². The van der Waals surface area contributed by atoms with Crippen molar-refractivity contribution in [2.75, 3.05) is 0 Å². The van der Waals surface area contributed by atoms with Crippen LogP contribution in [0.15, 0.2) is 24.3 Å². The maximum atomic E-state index is 10.9. The normalized spacial score (nSPS) is 12.2. The van der Waals surface area contributed by atoms with Gasteiger partial charge in [0, 0.05) is 0 Å². The molecular formula is C10H9NO2Si. The highest BCUT2D eigenvalue weighted by molar-refractivity contribution is 6.21. The Labute approximate surface area is 84.9 Å². The third-order valence-electron chi connectivity index (χ3n) is 1.64. The summed E-state index contributed by atoms with van der Waals surface area (Å²) in [5, 5.41) is 2.20. The van der Waals surface area contributed by atoms with Crippen molar-refractivity contribution >= 4 is 22.1 Å². The molecule has 0 fully saturated rings. The average molecular weight is 203 g/mol. The first-order chi connectivity index (χ1) is 6.70. The van der Waals surface area contributed by atoms with E-state index in [4.69, 9.17) is 0 Å². The molecule has 1 aliphatic heterocycles. The molecule has 2 amide bonds. The summed E-state index contributed by atoms with van der Waals surface area (Å²) in [4.78, 5) is 21.9. The molecule has 0 saturated heterocycles. The smallest absolute Gasteiger partial charge is 0.258 e. The summed E-state index contributed by atoms with van der Waals surface area (Å²) in [6.07, 6.45) is 4.66. The van der Waals surface area contributed by atoms with E-state index in [2.05, 4.69) is 17.3 Å². The van der Waals surface area contributed by atoms with Crippen LogP contribution in [0, 0.1) is 12.0 Å². The molecule has 0 aromatic heterocycles. The number of rotatable bonds is 0. The van der Waals surface area contributed by atoms with E-state index in [-0.39, 0.29) is 11.8 Å². The third-order valence-corrected chi connectivity index (χ3v) is 1.64. The van der Waals surface area contributed by atoms with Crippen molar-refractivity contribution in [3.63, 3.8) is 0 Å². The average Bonchev–Trinajstić information content (AvgIpc) is 2.45. The van der Waals surface area contributed by atoms with Gasteiger partial charge < -0.3 is 0 Å². The Bertz CT molecular complexity index is 387. The van der Waals surface area contributed by atoms with Crippen molar-refractivity contribution in [3.05, 3.63) is 35.4 Å². The number of imide groups is 1. The Morgan fingerprint density at radius 3 is 1.86 bits per heavy atom. The Hall–Kier alpha value is -1.86. The van der Waals surface area contributed by atoms with Crippen LogP contribution in [0.4, 0.5) is 0 Å². The van der Waals surface area contributed by atoms with Crippen LogP contribution in [0.3, 0.4) is 0 Å². The number of amides is 2. The minimum Gasteiger partial charge on any atom is -0.288 e. The molecule has 1 aliphatic rings. The molecule has 70 valence electrons. The van der Waals surface area contributed by atoms with Gasteiger partial charge in [0.1, 0.15) is 0 Å². The van der Waals surface area contributed by atoms with E-state index in [1.807, 2.05) is 0 Å². The number of benzene rings is 1. The highest BCUT2D eigenvalue weighted by Crippen LogP contribution is 2.13. The molecule has 0 aliphatic carbocycles. The minimum atomic E-state index is -0.300. The number of hydrogen-bond acceptors (Lipinski definition) is 2. The van der Waals surface area contributed by atoms with E-state index in [9.17, 15) is 9.59 Å². The Morgan fingerprint density at radius 2 is 1.50 bits per heavy atom. The second-order valence-corrected chi connectivity index (χ2v) is 3.19. The number of fused-ring (bicyclic) bond motifs is 1. The van der Waals surface area contributed by atoms with E-state index in [1.165, 1.54) is 0 Å². The third kappa shape index (κ3) is 1.89. The largest absolute Gasteiger partial charge is 0.288 e. The predicted molar refractivity (Wildman–Crippen MR) is 57.0 cm³/mol. The van der Waals surface area contributed by atoms with Crippen LogP contribution in [0.5, 0.6) is 0 Å². The van der Waals surface area contributed by atoms with Crippen LogP contribution < -0.4 is 5.32 Å². The Kier molecular flexibility index (Phi) is 3.21. The van der Waals surface area contributed by atoms with Gasteiger partial charge in [0.25, 0.3) is 11.8 Å². The van der Waals surface area contributed by atoms with E-state index in [0.29, 0.717) is 11.1 Å². The van der Waals surface area contributed by atoms with Crippen molar-refractivity contribution in [2.24, 2.45) is 0 Å². The number of carbonyl (C=O) groups excluding carboxylic acids is 2. The van der Waals surface area contributed by atoms with E-state index >= 15 is 0 Å². The fourth-order valence-electron chi connectivity index (χ4n) is 1.12. The van der Waals surface area contributed by atoms with Gasteiger partial charge in [0.2, 0.25) is 0 Å². The zero-order valence-electron chi connectivity index (χ0n) is 7.70. The molecule has 0 unspecified atom stereocenters. The number of terminal acetylenes is 1. The summed E-state index contributed by atoms with van der Waals surface area (Å²) in [6.45, 7) is 0. The molecule has 0 saturated carbocycles. The van der Waals surface area contributed by atoms with Crippen molar-refractivity contribution in [1.29, 1.82) is 0 Å². The molecule has 1 heterocycles. The van der Waals surface area contributed by atoms with Gasteiger partial charge in [0.15, 0.2) is 0 Å². The van der Waals surface area contributed by atoms with Crippen LogP contribution in [0.1, 0.15) is 20.7 Å². The monoisotopic (exact) mass is 203 g/mol. The topological polar surface area (TPSA) is 46.2 Å². The maximum absolute atomic E-state index is 10.9. The highest BCUT2D eigenvalue weighted by atomic mass is 28.1. The fraction of sp³-hybridized carbons (Fsp3) is 0. The van der Waals surface area contributed by atoms with Gasteiger partial charge >= 0.3 is 0 Å². The highest BCUT2D eigenvalue weighted by Gasteiger charge is 2.25. The van der Waals surface area contributed by atoms with E-state index in [1.54, 1.807) is 24.3 Å². The SMILES string of the molecule is C#C[SiH3].O=C1NC(=O)c2ccccc21. The zero-order chi connectivity index (χ0) is 10.6. The lowest BCUT2D eigenvalue weighted by Crippen LogP contribution is -2.19. The first-order valence-corrected chi connectivity index (χ1v) is 5.02. The molecule has 2 rings (SSSR count). The molecule has 3 nitrogen and oxygen atoms in total. The summed E-state index contributed by atoms with van der Waals surface area (Å²) < 4.78 is 0. The first kappa shape index (κ1) is 10.2. The molecule has 14 heavy (non-hydrogen) atoms. The molecule has 0 atom stereocenters. The van der Waals surface area contributed by atoms with Gasteiger partial charge in [-0.15, -0.1) is 12.0 Å². The van der Waals surface area contributed by atoms with Gasteiger partial charge in [0.05, 0.1) is 21.4 Å². The lowest BCUT2D eigenvalue weighted by atomic mass is 10.1. The standard InChI is InChI=1S/C8H5NO2.C2H4Si/c10-7-5-3-1-2-4-6(5)8(11)9-7;1-2-3/h1-4H,(H,9,10,11);1H,3H3. The van der Waals surface area contributed by atoms with Gasteiger partial charge in [-0.05, 0) is 12.1 Å². The Morgan fingerprint density at radius 1 is 1.14 bits per heavy atom. The first-order valence-electron chi connectivity index (χ1n) is 4.02. The molecule has 0 bridgehead atoms. The van der Waals surface area contributed by atoms with Crippen molar-refractivity contribution < 1.29 is 9.59 Å². The molecule has 1 aromatic carbocycles. The van der Waals surface area contributed by atoms with Crippen molar-refractivity contribution in [2.45, 2.75) is 0 Å². The summed E-state index contributed by atoms with van der Waals surface area (Å²) in [5.41, 5.74) is 3.33. The maximum Gasteiger partial charge on any atom is 0.258 e. The zero-order valence-corrected chi connectivity index (χ0v) is 9.70. The lowest BCUT2D eigenvalue weighted by Gasteiger charge is -1.88. The molecule has 1 N–H and O–H groups in total. The van der Waals surface area contributed by atoms with E-state index < -0.39 is 0 Å². The predicted octanol–water partition coefficient (Wildman–Crippen LogP) is -0.487. The van der Waals surface area contributed by atoms with Crippen LogP contribution >= 0.6 is 0 Å². The van der Waals surface area contributed by atoms with Crippen LogP contribution in [-0.2, 0) is 0 Å². The quantitative estimate of drug-likeness (QED) is 0.351. The van der Waals surface area contributed by atoms with Crippen molar-refractivity contribution in [1.82, 2.24) is 5.32 Å². The van der Waals surface area contributed by atoms with Crippen LogP contribution in [0.25, 0.3) is 0 Å². The van der Waals surface area contributed by atoms with Gasteiger partial charge in [-0.25, -0.2) is 0 Å².